The van der Waals surface area contributed by atoms with E-state index < -0.39 is 0 Å². The number of nitrogens with zero attached hydrogens (tertiary/aromatic N) is 2. The van der Waals surface area contributed by atoms with Crippen molar-refractivity contribution in [1.82, 2.24) is 9.88 Å². The van der Waals surface area contributed by atoms with E-state index in [2.05, 4.69) is 9.88 Å². The summed E-state index contributed by atoms with van der Waals surface area (Å²) in [5, 5.41) is 0.710. The summed E-state index contributed by atoms with van der Waals surface area (Å²) in [4.78, 5) is 7.13. The van der Waals surface area contributed by atoms with E-state index in [-0.39, 0.29) is 5.82 Å². The van der Waals surface area contributed by atoms with Crippen molar-refractivity contribution < 1.29 is 4.39 Å². The van der Waals surface area contributed by atoms with E-state index in [9.17, 15) is 4.39 Å². The second-order valence-corrected chi connectivity index (χ2v) is 5.37. The molecule has 19 heavy (non-hydrogen) atoms. The molecule has 2 aromatic rings. The first kappa shape index (κ1) is 12.4. The van der Waals surface area contributed by atoms with Crippen LogP contribution in [0, 0.1) is 5.82 Å². The highest BCUT2D eigenvalue weighted by Crippen LogP contribution is 2.28. The Labute approximate surface area is 116 Å². The van der Waals surface area contributed by atoms with Crippen molar-refractivity contribution in [2.24, 2.45) is 5.73 Å². The van der Waals surface area contributed by atoms with Crippen LogP contribution in [0.3, 0.4) is 0 Å². The Morgan fingerprint density at radius 1 is 1.47 bits per heavy atom. The number of halogens is 1. The summed E-state index contributed by atoms with van der Waals surface area (Å²) in [5.74, 6) is -0.295. The van der Waals surface area contributed by atoms with E-state index in [1.165, 1.54) is 12.1 Å². The third-order valence-electron chi connectivity index (χ3n) is 3.54. The van der Waals surface area contributed by atoms with Gasteiger partial charge in [-0.05, 0) is 30.8 Å². The quantitative estimate of drug-likeness (QED) is 0.808. The van der Waals surface area contributed by atoms with Gasteiger partial charge in [-0.25, -0.2) is 4.39 Å². The number of rotatable bonds is 1. The van der Waals surface area contributed by atoms with Crippen molar-refractivity contribution in [3.8, 4) is 0 Å². The lowest BCUT2D eigenvalue weighted by molar-refractivity contribution is 0.310. The summed E-state index contributed by atoms with van der Waals surface area (Å²) in [6.45, 7) is 1.71. The van der Waals surface area contributed by atoms with Crippen LogP contribution in [0.5, 0.6) is 0 Å². The fourth-order valence-corrected chi connectivity index (χ4v) is 2.86. The lowest BCUT2D eigenvalue weighted by atomic mass is 9.96. The molecule has 0 fully saturated rings. The summed E-state index contributed by atoms with van der Waals surface area (Å²) in [6.07, 6.45) is 0.870. The molecule has 1 aliphatic heterocycles. The third kappa shape index (κ3) is 2.09. The number of hydrogen-bond donors (Lipinski definition) is 1. The zero-order valence-corrected chi connectivity index (χ0v) is 11.4. The van der Waals surface area contributed by atoms with Crippen molar-refractivity contribution in [2.45, 2.75) is 13.0 Å². The van der Waals surface area contributed by atoms with Crippen LogP contribution in [0.1, 0.15) is 16.8 Å². The van der Waals surface area contributed by atoms with E-state index in [0.29, 0.717) is 10.4 Å². The first-order valence-electron chi connectivity index (χ1n) is 6.15. The summed E-state index contributed by atoms with van der Waals surface area (Å²) >= 11 is 5.17. The Hall–Kier alpha value is -1.59. The molecule has 5 heteroatoms. The van der Waals surface area contributed by atoms with Gasteiger partial charge in [-0.2, -0.15) is 0 Å². The molecule has 1 aromatic carbocycles. The maximum atomic E-state index is 13.5. The molecule has 0 saturated heterocycles. The molecule has 3 nitrogen and oxygen atoms in total. The van der Waals surface area contributed by atoms with Crippen LogP contribution < -0.4 is 5.73 Å². The third-order valence-corrected chi connectivity index (χ3v) is 3.74. The molecule has 1 aromatic heterocycles. The number of thiocarbonyl (C=S) groups is 1. The van der Waals surface area contributed by atoms with Crippen LogP contribution in [0.4, 0.5) is 4.39 Å². The topological polar surface area (TPSA) is 42.2 Å². The number of fused-ring (bicyclic) bond motifs is 2. The van der Waals surface area contributed by atoms with E-state index in [1.54, 1.807) is 6.07 Å². The predicted molar refractivity (Wildman–Crippen MR) is 77.6 cm³/mol. The fourth-order valence-electron chi connectivity index (χ4n) is 2.63. The summed E-state index contributed by atoms with van der Waals surface area (Å²) in [6, 6.07) is 4.57. The molecule has 1 aliphatic rings. The summed E-state index contributed by atoms with van der Waals surface area (Å²) in [7, 11) is 2.04. The Kier molecular flexibility index (Phi) is 2.95. The highest BCUT2D eigenvalue weighted by atomic mass is 32.1. The van der Waals surface area contributed by atoms with E-state index >= 15 is 0 Å². The standard InChI is InChI=1S/C14H14FN3S/c1-18-5-4-12-10(7-18)13(14(16)19)9-6-8(15)2-3-11(9)17-12/h2-3,6H,4-5,7H2,1H3,(H2,16,19). The highest BCUT2D eigenvalue weighted by Gasteiger charge is 2.22. The van der Waals surface area contributed by atoms with Gasteiger partial charge < -0.3 is 10.6 Å². The van der Waals surface area contributed by atoms with Crippen LogP contribution in [-0.4, -0.2) is 28.5 Å². The number of pyridine rings is 1. The molecular formula is C14H14FN3S. The molecular weight excluding hydrogens is 261 g/mol. The van der Waals surface area contributed by atoms with Crippen LogP contribution >= 0.6 is 12.2 Å². The molecule has 0 radical (unpaired) electrons. The van der Waals surface area contributed by atoms with Gasteiger partial charge in [0.15, 0.2) is 0 Å². The van der Waals surface area contributed by atoms with Crippen molar-refractivity contribution in [1.29, 1.82) is 0 Å². The Morgan fingerprint density at radius 2 is 2.26 bits per heavy atom. The number of hydrogen-bond acceptors (Lipinski definition) is 3. The Bertz CT molecular complexity index is 684. The molecule has 3 rings (SSSR count). The zero-order valence-electron chi connectivity index (χ0n) is 10.6. The average Bonchev–Trinajstić information content (AvgIpc) is 2.35. The monoisotopic (exact) mass is 275 g/mol. The van der Waals surface area contributed by atoms with Crippen LogP contribution in [-0.2, 0) is 13.0 Å². The largest absolute Gasteiger partial charge is 0.389 e. The summed E-state index contributed by atoms with van der Waals surface area (Å²) < 4.78 is 13.5. The van der Waals surface area contributed by atoms with Gasteiger partial charge in [-0.15, -0.1) is 0 Å². The minimum absolute atomic E-state index is 0.295. The number of aromatic nitrogens is 1. The second kappa shape index (κ2) is 4.51. The molecule has 0 unspecified atom stereocenters. The number of nitrogens with two attached hydrogens (primary N) is 1. The molecule has 0 amide bonds. The van der Waals surface area contributed by atoms with Crippen LogP contribution in [0.25, 0.3) is 10.9 Å². The predicted octanol–water partition coefficient (Wildman–Crippen LogP) is 2.00. The molecule has 98 valence electrons. The number of benzene rings is 1. The zero-order chi connectivity index (χ0) is 13.6. The first-order valence-corrected chi connectivity index (χ1v) is 6.56. The van der Waals surface area contributed by atoms with Crippen LogP contribution in [0.15, 0.2) is 18.2 Å². The van der Waals surface area contributed by atoms with Gasteiger partial charge in [0.05, 0.1) is 5.52 Å². The Balaban J connectivity index is 2.37. The maximum Gasteiger partial charge on any atom is 0.123 e. The average molecular weight is 275 g/mol. The van der Waals surface area contributed by atoms with Crippen molar-refractivity contribution in [3.63, 3.8) is 0 Å². The van der Waals surface area contributed by atoms with E-state index in [4.69, 9.17) is 18.0 Å². The second-order valence-electron chi connectivity index (χ2n) is 4.93. The minimum Gasteiger partial charge on any atom is -0.389 e. The van der Waals surface area contributed by atoms with Crippen molar-refractivity contribution in [3.05, 3.63) is 40.8 Å². The van der Waals surface area contributed by atoms with Gasteiger partial charge in [-0.3, -0.25) is 4.98 Å². The molecule has 0 saturated carbocycles. The lowest BCUT2D eigenvalue weighted by Gasteiger charge is -2.27. The van der Waals surface area contributed by atoms with Gasteiger partial charge in [0.1, 0.15) is 10.8 Å². The normalized spacial score (nSPS) is 15.5. The van der Waals surface area contributed by atoms with Gasteiger partial charge in [0.25, 0.3) is 0 Å². The van der Waals surface area contributed by atoms with Crippen molar-refractivity contribution in [2.75, 3.05) is 13.6 Å². The fraction of sp³-hybridized carbons (Fsp3) is 0.286. The van der Waals surface area contributed by atoms with Gasteiger partial charge in [0.2, 0.25) is 0 Å². The minimum atomic E-state index is -0.295. The molecule has 0 bridgehead atoms. The smallest absolute Gasteiger partial charge is 0.123 e. The molecule has 0 spiro atoms. The maximum absolute atomic E-state index is 13.5. The molecule has 0 aliphatic carbocycles. The molecule has 2 heterocycles. The lowest BCUT2D eigenvalue weighted by Crippen LogP contribution is -2.30. The molecule has 0 atom stereocenters. The van der Waals surface area contributed by atoms with Crippen molar-refractivity contribution >= 4 is 28.1 Å². The molecule has 2 N–H and O–H groups in total. The van der Waals surface area contributed by atoms with Crippen LogP contribution in [0.2, 0.25) is 0 Å². The Morgan fingerprint density at radius 3 is 3.00 bits per heavy atom. The summed E-state index contributed by atoms with van der Waals surface area (Å²) in [5.41, 5.74) is 9.47. The van der Waals surface area contributed by atoms with Gasteiger partial charge >= 0.3 is 0 Å². The first-order chi connectivity index (χ1) is 9.06. The van der Waals surface area contributed by atoms with Gasteiger partial charge in [0, 0.05) is 36.2 Å². The number of likely N-dealkylation sites (N-methyl/N-ethyl adjacent to an activating group) is 1. The van der Waals surface area contributed by atoms with Gasteiger partial charge in [-0.1, -0.05) is 12.2 Å². The van der Waals surface area contributed by atoms with E-state index in [1.807, 2.05) is 7.05 Å². The van der Waals surface area contributed by atoms with E-state index in [0.717, 1.165) is 41.8 Å². The SMILES string of the molecule is CN1CCc2nc3ccc(F)cc3c(C(N)=S)c2C1. The highest BCUT2D eigenvalue weighted by molar-refractivity contribution is 7.80.